The molecule has 2 aromatic rings. The van der Waals surface area contributed by atoms with Crippen LogP contribution in [0.3, 0.4) is 0 Å². The molecule has 4 nitrogen and oxygen atoms in total. The SMILES string of the molecule is CCn1ccc2ccc(NC(=O)C3CCCC3O)cc21. The van der Waals surface area contributed by atoms with Crippen molar-refractivity contribution in [3.05, 3.63) is 30.5 Å². The Kier molecular flexibility index (Phi) is 3.49. The van der Waals surface area contributed by atoms with Gasteiger partial charge in [0.2, 0.25) is 5.91 Å². The van der Waals surface area contributed by atoms with Crippen LogP contribution in [0.4, 0.5) is 5.69 Å². The number of benzene rings is 1. The number of aryl methyl sites for hydroxylation is 1. The quantitative estimate of drug-likeness (QED) is 0.902. The number of fused-ring (bicyclic) bond motifs is 1. The van der Waals surface area contributed by atoms with Gasteiger partial charge in [0.15, 0.2) is 0 Å². The molecular formula is C16H20N2O2. The molecule has 2 N–H and O–H groups in total. The summed E-state index contributed by atoms with van der Waals surface area (Å²) in [6.07, 6.45) is 4.00. The molecule has 0 aliphatic heterocycles. The number of aromatic nitrogens is 1. The van der Waals surface area contributed by atoms with Crippen molar-refractivity contribution in [3.8, 4) is 0 Å². The van der Waals surface area contributed by atoms with Crippen molar-refractivity contribution >= 4 is 22.5 Å². The van der Waals surface area contributed by atoms with Crippen LogP contribution in [-0.2, 0) is 11.3 Å². The van der Waals surface area contributed by atoms with Crippen molar-refractivity contribution in [1.29, 1.82) is 0 Å². The fourth-order valence-corrected chi connectivity index (χ4v) is 3.02. The molecule has 0 bridgehead atoms. The molecule has 20 heavy (non-hydrogen) atoms. The molecule has 1 amide bonds. The summed E-state index contributed by atoms with van der Waals surface area (Å²) in [5, 5.41) is 13.9. The number of carbonyl (C=O) groups excluding carboxylic acids is 1. The minimum atomic E-state index is -0.488. The van der Waals surface area contributed by atoms with E-state index in [1.807, 2.05) is 18.2 Å². The largest absolute Gasteiger partial charge is 0.392 e. The van der Waals surface area contributed by atoms with Gasteiger partial charge in [-0.25, -0.2) is 0 Å². The molecule has 0 radical (unpaired) electrons. The molecule has 1 aliphatic carbocycles. The molecule has 1 aliphatic rings. The van der Waals surface area contributed by atoms with Gasteiger partial charge in [0.1, 0.15) is 0 Å². The minimum Gasteiger partial charge on any atom is -0.392 e. The smallest absolute Gasteiger partial charge is 0.230 e. The van der Waals surface area contributed by atoms with E-state index in [4.69, 9.17) is 0 Å². The zero-order chi connectivity index (χ0) is 14.1. The summed E-state index contributed by atoms with van der Waals surface area (Å²) in [5.41, 5.74) is 1.92. The molecule has 1 aromatic carbocycles. The van der Waals surface area contributed by atoms with Crippen LogP contribution in [0.2, 0.25) is 0 Å². The van der Waals surface area contributed by atoms with Crippen molar-refractivity contribution in [2.45, 2.75) is 38.8 Å². The van der Waals surface area contributed by atoms with E-state index in [9.17, 15) is 9.90 Å². The molecule has 106 valence electrons. The van der Waals surface area contributed by atoms with Crippen LogP contribution in [0.1, 0.15) is 26.2 Å². The zero-order valence-corrected chi connectivity index (χ0v) is 11.7. The van der Waals surface area contributed by atoms with E-state index >= 15 is 0 Å². The first-order valence-corrected chi connectivity index (χ1v) is 7.27. The summed E-state index contributed by atoms with van der Waals surface area (Å²) in [5.74, 6) is -0.326. The fourth-order valence-electron chi connectivity index (χ4n) is 3.02. The first kappa shape index (κ1) is 13.2. The summed E-state index contributed by atoms with van der Waals surface area (Å²) in [6.45, 7) is 3.00. The third-order valence-corrected chi connectivity index (χ3v) is 4.20. The number of hydrogen-bond donors (Lipinski definition) is 2. The Labute approximate surface area is 118 Å². The molecule has 1 saturated carbocycles. The Bertz CT molecular complexity index is 632. The van der Waals surface area contributed by atoms with Crippen LogP contribution in [0.5, 0.6) is 0 Å². The number of rotatable bonds is 3. The number of anilines is 1. The average molecular weight is 272 g/mol. The van der Waals surface area contributed by atoms with Crippen molar-refractivity contribution in [3.63, 3.8) is 0 Å². The molecule has 1 heterocycles. The Hall–Kier alpha value is -1.81. The minimum absolute atomic E-state index is 0.0658. The third-order valence-electron chi connectivity index (χ3n) is 4.20. The first-order chi connectivity index (χ1) is 9.69. The summed E-state index contributed by atoms with van der Waals surface area (Å²) in [6, 6.07) is 8.01. The molecule has 1 aromatic heterocycles. The van der Waals surface area contributed by atoms with Gasteiger partial charge in [0.05, 0.1) is 17.5 Å². The molecule has 0 spiro atoms. The maximum absolute atomic E-state index is 12.2. The number of amides is 1. The normalized spacial score (nSPS) is 22.3. The van der Waals surface area contributed by atoms with Gasteiger partial charge >= 0.3 is 0 Å². The molecule has 1 fully saturated rings. The average Bonchev–Trinajstić information content (AvgIpc) is 3.04. The van der Waals surface area contributed by atoms with Crippen molar-refractivity contribution in [1.82, 2.24) is 4.57 Å². The lowest BCUT2D eigenvalue weighted by atomic mass is 10.1. The number of nitrogens with zero attached hydrogens (tertiary/aromatic N) is 1. The predicted molar refractivity (Wildman–Crippen MR) is 79.6 cm³/mol. The summed E-state index contributed by atoms with van der Waals surface area (Å²) in [4.78, 5) is 12.2. The number of aliphatic hydroxyl groups excluding tert-OH is 1. The highest BCUT2D eigenvalue weighted by Gasteiger charge is 2.31. The fraction of sp³-hybridized carbons (Fsp3) is 0.438. The van der Waals surface area contributed by atoms with Crippen molar-refractivity contribution in [2.24, 2.45) is 5.92 Å². The monoisotopic (exact) mass is 272 g/mol. The number of hydrogen-bond acceptors (Lipinski definition) is 2. The summed E-state index contributed by atoms with van der Waals surface area (Å²) in [7, 11) is 0. The second kappa shape index (κ2) is 5.29. The Morgan fingerprint density at radius 1 is 1.40 bits per heavy atom. The van der Waals surface area contributed by atoms with E-state index < -0.39 is 6.10 Å². The lowest BCUT2D eigenvalue weighted by molar-refractivity contribution is -0.122. The van der Waals surface area contributed by atoms with Crippen LogP contribution in [-0.4, -0.2) is 21.7 Å². The second-order valence-electron chi connectivity index (χ2n) is 5.47. The highest BCUT2D eigenvalue weighted by atomic mass is 16.3. The van der Waals surface area contributed by atoms with Gasteiger partial charge < -0.3 is 15.0 Å². The van der Waals surface area contributed by atoms with Gasteiger partial charge in [0.25, 0.3) is 0 Å². The maximum atomic E-state index is 12.2. The number of aliphatic hydroxyl groups is 1. The number of carbonyl (C=O) groups is 1. The lowest BCUT2D eigenvalue weighted by Gasteiger charge is -2.14. The van der Waals surface area contributed by atoms with Crippen LogP contribution in [0, 0.1) is 5.92 Å². The van der Waals surface area contributed by atoms with E-state index in [0.29, 0.717) is 0 Å². The highest BCUT2D eigenvalue weighted by molar-refractivity contribution is 5.95. The topological polar surface area (TPSA) is 54.3 Å². The summed E-state index contributed by atoms with van der Waals surface area (Å²) < 4.78 is 2.15. The van der Waals surface area contributed by atoms with Gasteiger partial charge in [0, 0.05) is 18.4 Å². The van der Waals surface area contributed by atoms with E-state index in [1.165, 1.54) is 5.39 Å². The van der Waals surface area contributed by atoms with Crippen molar-refractivity contribution < 1.29 is 9.90 Å². The molecule has 0 saturated heterocycles. The highest BCUT2D eigenvalue weighted by Crippen LogP contribution is 2.27. The van der Waals surface area contributed by atoms with Gasteiger partial charge in [-0.2, -0.15) is 0 Å². The Morgan fingerprint density at radius 2 is 2.25 bits per heavy atom. The Morgan fingerprint density at radius 3 is 2.95 bits per heavy atom. The van der Waals surface area contributed by atoms with Crippen LogP contribution >= 0.6 is 0 Å². The molecule has 3 rings (SSSR count). The molecule has 2 unspecified atom stereocenters. The Balaban J connectivity index is 1.81. The van der Waals surface area contributed by atoms with E-state index in [-0.39, 0.29) is 11.8 Å². The van der Waals surface area contributed by atoms with Crippen LogP contribution < -0.4 is 5.32 Å². The van der Waals surface area contributed by atoms with E-state index in [2.05, 4.69) is 29.1 Å². The second-order valence-corrected chi connectivity index (χ2v) is 5.47. The predicted octanol–water partition coefficient (Wildman–Crippen LogP) is 2.76. The maximum Gasteiger partial charge on any atom is 0.230 e. The van der Waals surface area contributed by atoms with E-state index in [0.717, 1.165) is 37.0 Å². The molecule has 4 heteroatoms. The molecule has 2 atom stereocenters. The van der Waals surface area contributed by atoms with Crippen molar-refractivity contribution in [2.75, 3.05) is 5.32 Å². The van der Waals surface area contributed by atoms with Gasteiger partial charge in [-0.1, -0.05) is 6.07 Å². The lowest BCUT2D eigenvalue weighted by Crippen LogP contribution is -2.28. The van der Waals surface area contributed by atoms with Crippen LogP contribution in [0.15, 0.2) is 30.5 Å². The van der Waals surface area contributed by atoms with E-state index in [1.54, 1.807) is 0 Å². The molecular weight excluding hydrogens is 252 g/mol. The van der Waals surface area contributed by atoms with Gasteiger partial charge in [-0.3, -0.25) is 4.79 Å². The number of nitrogens with one attached hydrogen (secondary N) is 1. The first-order valence-electron chi connectivity index (χ1n) is 7.27. The summed E-state index contributed by atoms with van der Waals surface area (Å²) >= 11 is 0. The third kappa shape index (κ3) is 2.31. The van der Waals surface area contributed by atoms with Gasteiger partial charge in [-0.05, 0) is 49.8 Å². The zero-order valence-electron chi connectivity index (χ0n) is 11.7. The van der Waals surface area contributed by atoms with Crippen LogP contribution in [0.25, 0.3) is 10.9 Å². The van der Waals surface area contributed by atoms with Gasteiger partial charge in [-0.15, -0.1) is 0 Å². The standard InChI is InChI=1S/C16H20N2O2/c1-2-18-9-8-11-6-7-12(10-14(11)18)17-16(20)13-4-3-5-15(13)19/h6-10,13,15,19H,2-5H2,1H3,(H,17,20).